The highest BCUT2D eigenvalue weighted by Gasteiger charge is 2.49. The smallest absolute Gasteiger partial charge is 0.294 e. The number of carbonyl (C=O) groups is 4. The zero-order valence-electron chi connectivity index (χ0n) is 17.5. The average molecular weight is 412 g/mol. The van der Waals surface area contributed by atoms with E-state index in [0.717, 1.165) is 36.1 Å². The fraction of sp³-hybridized carbons (Fsp3) is 0.565. The maximum Gasteiger partial charge on any atom is 0.335 e. The molecule has 2 aliphatic heterocycles. The lowest BCUT2D eigenvalue weighted by Gasteiger charge is -2.35. The van der Waals surface area contributed by atoms with Crippen molar-refractivity contribution in [1.29, 1.82) is 0 Å². The van der Waals surface area contributed by atoms with Gasteiger partial charge in [0.15, 0.2) is 5.78 Å². The van der Waals surface area contributed by atoms with Crippen molar-refractivity contribution in [1.82, 2.24) is 14.7 Å². The Kier molecular flexibility index (Phi) is 5.99. The normalized spacial score (nSPS) is 26.5. The molecule has 4 rings (SSSR count). The predicted molar refractivity (Wildman–Crippen MR) is 110 cm³/mol. The lowest BCUT2D eigenvalue weighted by atomic mass is 9.85. The molecule has 3 aliphatic rings. The molecule has 0 radical (unpaired) electrons. The van der Waals surface area contributed by atoms with E-state index < -0.39 is 17.8 Å². The summed E-state index contributed by atoms with van der Waals surface area (Å²) in [4.78, 5) is 55.0. The van der Waals surface area contributed by atoms with Crippen LogP contribution in [0, 0.1) is 11.8 Å². The molecule has 0 unspecified atom stereocenters. The lowest BCUT2D eigenvalue weighted by Crippen LogP contribution is -2.48. The Hall–Kier alpha value is -2.54. The van der Waals surface area contributed by atoms with Gasteiger partial charge in [-0.15, -0.1) is 0 Å². The van der Waals surface area contributed by atoms with Crippen molar-refractivity contribution in [2.24, 2.45) is 11.8 Å². The number of urea groups is 1. The number of ketones is 1. The first kappa shape index (κ1) is 20.7. The summed E-state index contributed by atoms with van der Waals surface area (Å²) in [6.45, 7) is 3.40. The third-order valence-corrected chi connectivity index (χ3v) is 6.84. The van der Waals surface area contributed by atoms with Crippen molar-refractivity contribution in [2.45, 2.75) is 51.5 Å². The fourth-order valence-electron chi connectivity index (χ4n) is 4.99. The van der Waals surface area contributed by atoms with Crippen LogP contribution in [-0.4, -0.2) is 64.1 Å². The molecule has 0 aromatic heterocycles. The summed E-state index contributed by atoms with van der Waals surface area (Å²) in [5.74, 6) is -1.08. The molecular weight excluding hydrogens is 382 g/mol. The molecule has 1 aromatic rings. The van der Waals surface area contributed by atoms with Gasteiger partial charge in [0, 0.05) is 30.6 Å². The summed E-state index contributed by atoms with van der Waals surface area (Å²) in [6, 6.07) is 8.63. The third-order valence-electron chi connectivity index (χ3n) is 6.84. The monoisotopic (exact) mass is 411 g/mol. The Morgan fingerprint density at radius 1 is 0.933 bits per heavy atom. The molecule has 4 amide bonds. The second-order valence-corrected chi connectivity index (χ2v) is 8.78. The van der Waals surface area contributed by atoms with E-state index in [4.69, 9.17) is 0 Å². The second-order valence-electron chi connectivity index (χ2n) is 8.78. The van der Waals surface area contributed by atoms with Gasteiger partial charge in [-0.25, -0.2) is 9.69 Å². The topological polar surface area (TPSA) is 78.0 Å². The van der Waals surface area contributed by atoms with Crippen LogP contribution in [0.3, 0.4) is 0 Å². The van der Waals surface area contributed by atoms with Gasteiger partial charge in [-0.05, 0) is 31.6 Å². The van der Waals surface area contributed by atoms with E-state index in [9.17, 15) is 19.2 Å². The van der Waals surface area contributed by atoms with E-state index in [1.54, 1.807) is 0 Å². The summed E-state index contributed by atoms with van der Waals surface area (Å²) < 4.78 is 0. The molecule has 0 bridgehead atoms. The van der Waals surface area contributed by atoms with Gasteiger partial charge >= 0.3 is 17.8 Å². The molecule has 7 heteroatoms. The Bertz CT molecular complexity index is 832. The van der Waals surface area contributed by atoms with E-state index >= 15 is 0 Å². The van der Waals surface area contributed by atoms with Gasteiger partial charge < -0.3 is 0 Å². The standard InChI is InChI=1S/C23H29N3O4/c1-16-7-5-6-10-19(16)26-22(29)21(28)25(23(26)30)15-24-13-11-18(12-14-24)20(27)17-8-3-2-4-9-17/h2-4,8-9,16,18-19H,5-7,10-15H2,1H3/t16-,19-/m0/s1. The van der Waals surface area contributed by atoms with Crippen molar-refractivity contribution >= 4 is 23.6 Å². The maximum absolute atomic E-state index is 12.9. The van der Waals surface area contributed by atoms with Crippen LogP contribution < -0.4 is 0 Å². The van der Waals surface area contributed by atoms with Crippen LogP contribution in [0.5, 0.6) is 0 Å². The van der Waals surface area contributed by atoms with Crippen LogP contribution in [0.25, 0.3) is 0 Å². The van der Waals surface area contributed by atoms with Crippen molar-refractivity contribution in [3.8, 4) is 0 Å². The third kappa shape index (κ3) is 3.90. The number of Topliss-reactive ketones (excluding diaryl/α,β-unsaturated/α-hetero) is 1. The minimum atomic E-state index is -0.722. The van der Waals surface area contributed by atoms with Crippen molar-refractivity contribution < 1.29 is 19.2 Å². The van der Waals surface area contributed by atoms with E-state index in [1.165, 1.54) is 4.90 Å². The van der Waals surface area contributed by atoms with Gasteiger partial charge in [0.2, 0.25) is 0 Å². The molecular formula is C23H29N3O4. The quantitative estimate of drug-likeness (QED) is 0.423. The molecule has 3 fully saturated rings. The average Bonchev–Trinajstić information content (AvgIpc) is 2.98. The zero-order valence-corrected chi connectivity index (χ0v) is 17.5. The van der Waals surface area contributed by atoms with E-state index in [0.29, 0.717) is 25.9 Å². The molecule has 2 saturated heterocycles. The molecule has 1 aromatic carbocycles. The summed E-state index contributed by atoms with van der Waals surface area (Å²) in [7, 11) is 0. The number of amides is 4. The number of imide groups is 2. The summed E-state index contributed by atoms with van der Waals surface area (Å²) in [6.07, 6.45) is 5.18. The Labute approximate surface area is 177 Å². The van der Waals surface area contributed by atoms with Gasteiger partial charge in [0.25, 0.3) is 0 Å². The van der Waals surface area contributed by atoms with Crippen LogP contribution >= 0.6 is 0 Å². The molecule has 2 heterocycles. The van der Waals surface area contributed by atoms with Gasteiger partial charge in [-0.3, -0.25) is 24.2 Å². The van der Waals surface area contributed by atoms with Crippen LogP contribution in [0.1, 0.15) is 55.8 Å². The minimum Gasteiger partial charge on any atom is -0.294 e. The van der Waals surface area contributed by atoms with Crippen LogP contribution in [-0.2, 0) is 9.59 Å². The maximum atomic E-state index is 12.9. The number of hydrogen-bond acceptors (Lipinski definition) is 5. The van der Waals surface area contributed by atoms with Crippen molar-refractivity contribution in [2.75, 3.05) is 19.8 Å². The molecule has 0 spiro atoms. The largest absolute Gasteiger partial charge is 0.335 e. The highest BCUT2D eigenvalue weighted by atomic mass is 16.2. The zero-order chi connectivity index (χ0) is 21.3. The Morgan fingerprint density at radius 3 is 2.27 bits per heavy atom. The number of likely N-dealkylation sites (tertiary alicyclic amines) is 1. The summed E-state index contributed by atoms with van der Waals surface area (Å²) in [5, 5.41) is 0. The molecule has 7 nitrogen and oxygen atoms in total. The first-order chi connectivity index (χ1) is 14.5. The van der Waals surface area contributed by atoms with E-state index in [-0.39, 0.29) is 30.3 Å². The number of rotatable bonds is 5. The Morgan fingerprint density at radius 2 is 1.60 bits per heavy atom. The van der Waals surface area contributed by atoms with Gasteiger partial charge in [0.1, 0.15) is 0 Å². The SMILES string of the molecule is C[C@H]1CCCC[C@@H]1N1C(=O)C(=O)N(CN2CCC(C(=O)c3ccccc3)CC2)C1=O. The lowest BCUT2D eigenvalue weighted by molar-refractivity contribution is -0.145. The minimum absolute atomic E-state index is 0.0464. The van der Waals surface area contributed by atoms with E-state index in [1.807, 2.05) is 42.2 Å². The number of carbonyl (C=O) groups excluding carboxylic acids is 4. The van der Waals surface area contributed by atoms with Crippen molar-refractivity contribution in [3.63, 3.8) is 0 Å². The summed E-state index contributed by atoms with van der Waals surface area (Å²) in [5.41, 5.74) is 0.726. The first-order valence-corrected chi connectivity index (χ1v) is 11.0. The number of benzene rings is 1. The highest BCUT2D eigenvalue weighted by Crippen LogP contribution is 2.31. The van der Waals surface area contributed by atoms with Gasteiger partial charge in [-0.1, -0.05) is 50.1 Å². The first-order valence-electron chi connectivity index (χ1n) is 11.0. The molecule has 2 atom stereocenters. The second kappa shape index (κ2) is 8.68. The predicted octanol–water partition coefficient (Wildman–Crippen LogP) is 2.91. The van der Waals surface area contributed by atoms with Gasteiger partial charge in [0.05, 0.1) is 6.67 Å². The molecule has 1 aliphatic carbocycles. The number of piperidine rings is 1. The molecule has 30 heavy (non-hydrogen) atoms. The van der Waals surface area contributed by atoms with Crippen molar-refractivity contribution in [3.05, 3.63) is 35.9 Å². The van der Waals surface area contributed by atoms with Crippen LogP contribution in [0.2, 0.25) is 0 Å². The van der Waals surface area contributed by atoms with Gasteiger partial charge in [-0.2, -0.15) is 0 Å². The fourth-order valence-corrected chi connectivity index (χ4v) is 4.99. The highest BCUT2D eigenvalue weighted by molar-refractivity contribution is 6.44. The Balaban J connectivity index is 1.36. The molecule has 0 N–H and O–H groups in total. The molecule has 160 valence electrons. The molecule has 1 saturated carbocycles. The number of nitrogens with zero attached hydrogens (tertiary/aromatic N) is 3. The van der Waals surface area contributed by atoms with Crippen LogP contribution in [0.15, 0.2) is 30.3 Å². The number of hydrogen-bond donors (Lipinski definition) is 0. The van der Waals surface area contributed by atoms with Crippen LogP contribution in [0.4, 0.5) is 4.79 Å². The van der Waals surface area contributed by atoms with E-state index in [2.05, 4.69) is 0 Å². The summed E-state index contributed by atoms with van der Waals surface area (Å²) >= 11 is 0.